The average molecular weight is 581 g/mol. The van der Waals surface area contributed by atoms with E-state index in [4.69, 9.17) is 14.9 Å². The van der Waals surface area contributed by atoms with E-state index in [0.29, 0.717) is 23.4 Å². The van der Waals surface area contributed by atoms with E-state index in [-0.39, 0.29) is 5.91 Å². The summed E-state index contributed by atoms with van der Waals surface area (Å²) in [7, 11) is 1.64. The Labute approximate surface area is 253 Å². The first-order valence-electron chi connectivity index (χ1n) is 14.2. The predicted molar refractivity (Wildman–Crippen MR) is 166 cm³/mol. The molecule has 0 radical (unpaired) electrons. The minimum absolute atomic E-state index is 0.244. The highest BCUT2D eigenvalue weighted by Crippen LogP contribution is 2.39. The van der Waals surface area contributed by atoms with Crippen molar-refractivity contribution in [2.75, 3.05) is 7.11 Å². The van der Waals surface area contributed by atoms with E-state index < -0.39 is 6.04 Å². The van der Waals surface area contributed by atoms with Crippen LogP contribution in [0.25, 0.3) is 28.3 Å². The average Bonchev–Trinajstić information content (AvgIpc) is 3.86. The monoisotopic (exact) mass is 580 g/mol. The van der Waals surface area contributed by atoms with Gasteiger partial charge in [-0.2, -0.15) is 15.4 Å². The first-order valence-corrected chi connectivity index (χ1v) is 14.2. The third kappa shape index (κ3) is 5.13. The van der Waals surface area contributed by atoms with Gasteiger partial charge in [-0.1, -0.05) is 60.2 Å². The van der Waals surface area contributed by atoms with Gasteiger partial charge in [0.25, 0.3) is 5.91 Å². The zero-order valence-corrected chi connectivity index (χ0v) is 24.1. The number of benzene rings is 4. The van der Waals surface area contributed by atoms with E-state index in [0.717, 1.165) is 45.1 Å². The van der Waals surface area contributed by atoms with Crippen LogP contribution < -0.4 is 4.74 Å². The lowest BCUT2D eigenvalue weighted by molar-refractivity contribution is 0.0711. The van der Waals surface area contributed by atoms with E-state index in [1.165, 1.54) is 0 Å². The van der Waals surface area contributed by atoms with Gasteiger partial charge in [0.2, 0.25) is 5.82 Å². The SMILES string of the molecule is COc1ccc(C2=NN(C(=O)c3cccc(-c4nn[nH]n4)c3)C(c3cn(-c4ccccc4)nc3-c3ccc(C)cc3)C2)cc1. The molecule has 0 saturated heterocycles. The lowest BCUT2D eigenvalue weighted by Gasteiger charge is -2.22. The summed E-state index contributed by atoms with van der Waals surface area (Å²) in [6.07, 6.45) is 2.51. The van der Waals surface area contributed by atoms with Crippen LogP contribution in [0.2, 0.25) is 0 Å². The van der Waals surface area contributed by atoms with Crippen LogP contribution in [0.15, 0.2) is 114 Å². The molecule has 1 N–H and O–H groups in total. The maximum absolute atomic E-state index is 14.3. The number of carbonyl (C=O) groups excluding carboxylic acids is 1. The summed E-state index contributed by atoms with van der Waals surface area (Å²) in [5, 5.41) is 25.8. The van der Waals surface area contributed by atoms with Crippen molar-refractivity contribution in [3.05, 3.63) is 132 Å². The summed E-state index contributed by atoms with van der Waals surface area (Å²) < 4.78 is 7.24. The Kier molecular flexibility index (Phi) is 6.99. The molecule has 10 heteroatoms. The molecule has 0 bridgehead atoms. The van der Waals surface area contributed by atoms with Crippen molar-refractivity contribution in [3.63, 3.8) is 0 Å². The minimum Gasteiger partial charge on any atom is -0.497 e. The smallest absolute Gasteiger partial charge is 0.274 e. The van der Waals surface area contributed by atoms with Gasteiger partial charge in [-0.05, 0) is 66.2 Å². The molecule has 1 atom stereocenters. The number of rotatable bonds is 7. The molecule has 6 aromatic rings. The first kappa shape index (κ1) is 27.0. The van der Waals surface area contributed by atoms with Crippen LogP contribution in [0, 0.1) is 6.92 Å². The van der Waals surface area contributed by atoms with Crippen molar-refractivity contribution in [1.82, 2.24) is 35.4 Å². The van der Waals surface area contributed by atoms with Crippen molar-refractivity contribution in [1.29, 1.82) is 0 Å². The highest BCUT2D eigenvalue weighted by Gasteiger charge is 2.37. The number of methoxy groups -OCH3 is 1. The van der Waals surface area contributed by atoms with Crippen molar-refractivity contribution in [2.45, 2.75) is 19.4 Å². The molecule has 216 valence electrons. The fourth-order valence-corrected chi connectivity index (χ4v) is 5.39. The minimum atomic E-state index is -0.415. The van der Waals surface area contributed by atoms with Crippen LogP contribution in [0.5, 0.6) is 5.75 Å². The van der Waals surface area contributed by atoms with E-state index >= 15 is 0 Å². The third-order valence-electron chi connectivity index (χ3n) is 7.70. The summed E-state index contributed by atoms with van der Waals surface area (Å²) in [5.41, 5.74) is 7.58. The van der Waals surface area contributed by atoms with Gasteiger partial charge in [-0.25, -0.2) is 9.69 Å². The highest BCUT2D eigenvalue weighted by atomic mass is 16.5. The number of amides is 1. The number of carbonyl (C=O) groups is 1. The van der Waals surface area contributed by atoms with E-state index in [1.54, 1.807) is 24.3 Å². The number of tetrazole rings is 1. The van der Waals surface area contributed by atoms with Crippen molar-refractivity contribution >= 4 is 11.6 Å². The number of nitrogens with zero attached hydrogens (tertiary/aromatic N) is 7. The van der Waals surface area contributed by atoms with Gasteiger partial charge in [0.1, 0.15) is 5.75 Å². The number of H-pyrrole nitrogens is 1. The maximum Gasteiger partial charge on any atom is 0.274 e. The maximum atomic E-state index is 14.3. The molecule has 1 aliphatic heterocycles. The van der Waals surface area contributed by atoms with Gasteiger partial charge in [-0.15, -0.1) is 10.2 Å². The molecular formula is C34H28N8O2. The van der Waals surface area contributed by atoms with Gasteiger partial charge < -0.3 is 4.74 Å². The topological polar surface area (TPSA) is 114 Å². The van der Waals surface area contributed by atoms with Gasteiger partial charge in [0, 0.05) is 34.9 Å². The van der Waals surface area contributed by atoms with Crippen LogP contribution in [0.1, 0.15) is 39.5 Å². The molecule has 0 fully saturated rings. The zero-order valence-electron chi connectivity index (χ0n) is 24.1. The Morgan fingerprint density at radius 2 is 1.66 bits per heavy atom. The Balaban J connectivity index is 1.35. The molecule has 0 aliphatic carbocycles. The molecular weight excluding hydrogens is 552 g/mol. The lowest BCUT2D eigenvalue weighted by Crippen LogP contribution is -2.27. The number of hydrogen-bond acceptors (Lipinski definition) is 7. The van der Waals surface area contributed by atoms with Crippen LogP contribution in [0.3, 0.4) is 0 Å². The largest absolute Gasteiger partial charge is 0.497 e. The lowest BCUT2D eigenvalue weighted by atomic mass is 9.95. The van der Waals surface area contributed by atoms with Crippen molar-refractivity contribution in [3.8, 4) is 34.1 Å². The molecule has 1 unspecified atom stereocenters. The molecule has 0 spiro atoms. The number of hydrazone groups is 1. The number of hydrogen-bond donors (Lipinski definition) is 1. The van der Waals surface area contributed by atoms with Gasteiger partial charge in [0.15, 0.2) is 0 Å². The quantitative estimate of drug-likeness (QED) is 0.247. The molecule has 3 heterocycles. The second-order valence-electron chi connectivity index (χ2n) is 10.5. The predicted octanol–water partition coefficient (Wildman–Crippen LogP) is 6.03. The number of nitrogens with one attached hydrogen (secondary N) is 1. The highest BCUT2D eigenvalue weighted by molar-refractivity contribution is 6.05. The Bertz CT molecular complexity index is 1950. The Morgan fingerprint density at radius 3 is 2.39 bits per heavy atom. The third-order valence-corrected chi connectivity index (χ3v) is 7.70. The first-order chi connectivity index (χ1) is 21.6. The molecule has 0 saturated carbocycles. The second kappa shape index (κ2) is 11.4. The molecule has 7 rings (SSSR count). The van der Waals surface area contributed by atoms with Crippen LogP contribution in [0.4, 0.5) is 0 Å². The van der Waals surface area contributed by atoms with E-state index in [9.17, 15) is 4.79 Å². The summed E-state index contributed by atoms with van der Waals surface area (Å²) in [4.78, 5) is 14.3. The summed E-state index contributed by atoms with van der Waals surface area (Å²) in [6.45, 7) is 2.06. The number of para-hydroxylation sites is 1. The van der Waals surface area contributed by atoms with E-state index in [2.05, 4.69) is 51.8 Å². The summed E-state index contributed by atoms with van der Waals surface area (Å²) >= 11 is 0. The fourth-order valence-electron chi connectivity index (χ4n) is 5.39. The van der Waals surface area contributed by atoms with Crippen molar-refractivity contribution in [2.24, 2.45) is 5.10 Å². The molecule has 4 aromatic carbocycles. The zero-order chi connectivity index (χ0) is 30.0. The molecule has 1 aliphatic rings. The fraction of sp³-hybridized carbons (Fsp3) is 0.118. The van der Waals surface area contributed by atoms with Gasteiger partial charge in [0.05, 0.1) is 30.2 Å². The molecule has 10 nitrogen and oxygen atoms in total. The number of aryl methyl sites for hydroxylation is 1. The molecule has 2 aromatic heterocycles. The van der Waals surface area contributed by atoms with Crippen LogP contribution in [-0.4, -0.2) is 54.1 Å². The Morgan fingerprint density at radius 1 is 0.886 bits per heavy atom. The van der Waals surface area contributed by atoms with Gasteiger partial charge >= 0.3 is 0 Å². The summed E-state index contributed by atoms with van der Waals surface area (Å²) in [6, 6.07) is 32.7. The molecule has 1 amide bonds. The normalized spacial score (nSPS) is 14.5. The standard InChI is InChI=1S/C34H28N8O2/c1-22-11-13-24(14-12-22)32-29(21-41(38-32)27-9-4-3-5-10-27)31-20-30(23-15-17-28(44-2)18-16-23)37-42(31)34(43)26-8-6-7-25(19-26)33-35-39-40-36-33/h3-19,21,31H,20H2,1-2H3,(H,35,36,39,40). The van der Waals surface area contributed by atoms with Crippen LogP contribution >= 0.6 is 0 Å². The van der Waals surface area contributed by atoms with Crippen LogP contribution in [-0.2, 0) is 0 Å². The van der Waals surface area contributed by atoms with Gasteiger partial charge in [-0.3, -0.25) is 4.79 Å². The number of aromatic amines is 1. The van der Waals surface area contributed by atoms with E-state index in [1.807, 2.05) is 77.6 Å². The Hall–Kier alpha value is -5.90. The second-order valence-corrected chi connectivity index (χ2v) is 10.5. The van der Waals surface area contributed by atoms with Crippen molar-refractivity contribution < 1.29 is 9.53 Å². The number of aromatic nitrogens is 6. The summed E-state index contributed by atoms with van der Waals surface area (Å²) in [5.74, 6) is 0.915. The number of ether oxygens (including phenoxy) is 1. The molecule has 44 heavy (non-hydrogen) atoms.